The first-order chi connectivity index (χ1) is 9.52. The van der Waals surface area contributed by atoms with Gasteiger partial charge in [0.1, 0.15) is 0 Å². The standard InChI is InChI=1S/C12H13N3O5/c1-2-5-13-12(18)14-10(16)8-20-11(17)9-3-6-15(19)7-4-9/h2-4,6-7H,1,5,8H2,(H2,13,14,16,18). The van der Waals surface area contributed by atoms with Gasteiger partial charge in [-0.25, -0.2) is 9.59 Å². The molecule has 106 valence electrons. The van der Waals surface area contributed by atoms with Crippen molar-refractivity contribution in [2.24, 2.45) is 0 Å². The van der Waals surface area contributed by atoms with E-state index in [0.29, 0.717) is 4.73 Å². The number of ether oxygens (including phenoxy) is 1. The van der Waals surface area contributed by atoms with E-state index in [1.807, 2.05) is 5.32 Å². The number of rotatable bonds is 5. The molecule has 0 aliphatic carbocycles. The molecule has 0 saturated heterocycles. The molecular weight excluding hydrogens is 266 g/mol. The van der Waals surface area contributed by atoms with E-state index in [1.54, 1.807) is 0 Å². The number of aromatic nitrogens is 1. The molecule has 0 aliphatic rings. The molecule has 0 unspecified atom stereocenters. The third kappa shape index (κ3) is 5.17. The fraction of sp³-hybridized carbons (Fsp3) is 0.167. The summed E-state index contributed by atoms with van der Waals surface area (Å²) in [5, 5.41) is 15.1. The molecule has 8 heteroatoms. The molecule has 0 fully saturated rings. The fourth-order valence-electron chi connectivity index (χ4n) is 1.14. The number of amides is 3. The van der Waals surface area contributed by atoms with Crippen molar-refractivity contribution in [3.8, 4) is 0 Å². The van der Waals surface area contributed by atoms with Crippen LogP contribution in [0.3, 0.4) is 0 Å². The molecule has 0 aliphatic heterocycles. The van der Waals surface area contributed by atoms with Gasteiger partial charge in [-0.3, -0.25) is 10.1 Å². The van der Waals surface area contributed by atoms with Crippen LogP contribution in [0.5, 0.6) is 0 Å². The van der Waals surface area contributed by atoms with Gasteiger partial charge in [-0.2, -0.15) is 4.73 Å². The number of hydrogen-bond donors (Lipinski definition) is 2. The van der Waals surface area contributed by atoms with E-state index in [9.17, 15) is 19.6 Å². The third-order valence-electron chi connectivity index (χ3n) is 2.03. The van der Waals surface area contributed by atoms with Crippen LogP contribution in [-0.2, 0) is 9.53 Å². The Morgan fingerprint density at radius 1 is 1.35 bits per heavy atom. The Bertz CT molecular complexity index is 512. The van der Waals surface area contributed by atoms with Gasteiger partial charge in [-0.15, -0.1) is 6.58 Å². The minimum Gasteiger partial charge on any atom is -0.619 e. The molecular formula is C12H13N3O5. The van der Waals surface area contributed by atoms with E-state index < -0.39 is 24.5 Å². The maximum absolute atomic E-state index is 11.5. The van der Waals surface area contributed by atoms with E-state index >= 15 is 0 Å². The molecule has 1 rings (SSSR count). The number of carbonyl (C=O) groups excluding carboxylic acids is 3. The van der Waals surface area contributed by atoms with Gasteiger partial charge in [0.2, 0.25) is 0 Å². The van der Waals surface area contributed by atoms with Crippen molar-refractivity contribution in [2.45, 2.75) is 0 Å². The maximum Gasteiger partial charge on any atom is 0.339 e. The zero-order valence-corrected chi connectivity index (χ0v) is 10.5. The Balaban J connectivity index is 2.37. The minimum absolute atomic E-state index is 0.126. The molecule has 8 nitrogen and oxygen atoms in total. The van der Waals surface area contributed by atoms with Crippen LogP contribution < -0.4 is 15.4 Å². The monoisotopic (exact) mass is 279 g/mol. The van der Waals surface area contributed by atoms with Crippen molar-refractivity contribution in [2.75, 3.05) is 13.2 Å². The average molecular weight is 279 g/mol. The topological polar surface area (TPSA) is 111 Å². The maximum atomic E-state index is 11.5. The lowest BCUT2D eigenvalue weighted by Gasteiger charge is -2.06. The van der Waals surface area contributed by atoms with E-state index in [2.05, 4.69) is 16.6 Å². The molecule has 0 spiro atoms. The van der Waals surface area contributed by atoms with E-state index in [4.69, 9.17) is 0 Å². The Kier molecular flexibility index (Phi) is 5.70. The summed E-state index contributed by atoms with van der Waals surface area (Å²) in [7, 11) is 0. The quantitative estimate of drug-likeness (QED) is 0.326. The summed E-state index contributed by atoms with van der Waals surface area (Å²) < 4.78 is 5.18. The van der Waals surface area contributed by atoms with Crippen molar-refractivity contribution in [1.82, 2.24) is 10.6 Å². The van der Waals surface area contributed by atoms with Crippen LogP contribution in [0.25, 0.3) is 0 Å². The highest BCUT2D eigenvalue weighted by atomic mass is 16.5. The highest BCUT2D eigenvalue weighted by molar-refractivity contribution is 5.96. The van der Waals surface area contributed by atoms with E-state index in [-0.39, 0.29) is 12.1 Å². The molecule has 0 atom stereocenters. The van der Waals surface area contributed by atoms with Crippen LogP contribution in [0.15, 0.2) is 37.2 Å². The van der Waals surface area contributed by atoms with Gasteiger partial charge < -0.3 is 15.3 Å². The number of hydrogen-bond acceptors (Lipinski definition) is 5. The summed E-state index contributed by atoms with van der Waals surface area (Å²) in [6.07, 6.45) is 3.69. The van der Waals surface area contributed by atoms with Gasteiger partial charge >= 0.3 is 12.0 Å². The van der Waals surface area contributed by atoms with Crippen LogP contribution in [0.4, 0.5) is 4.79 Å². The molecule has 1 heterocycles. The van der Waals surface area contributed by atoms with Crippen LogP contribution in [-0.4, -0.2) is 31.1 Å². The van der Waals surface area contributed by atoms with Crippen LogP contribution in [0, 0.1) is 5.21 Å². The number of nitrogens with one attached hydrogen (secondary N) is 2. The minimum atomic E-state index is -0.771. The van der Waals surface area contributed by atoms with E-state index in [0.717, 1.165) is 12.4 Å². The van der Waals surface area contributed by atoms with Gasteiger partial charge in [0.25, 0.3) is 5.91 Å². The lowest BCUT2D eigenvalue weighted by Crippen LogP contribution is -2.41. The Hall–Kier alpha value is -2.90. The predicted octanol–water partition coefficient (Wildman–Crippen LogP) is -0.511. The first kappa shape index (κ1) is 15.2. The number of esters is 1. The second-order valence-corrected chi connectivity index (χ2v) is 3.57. The normalized spacial score (nSPS) is 9.40. The average Bonchev–Trinajstić information content (AvgIpc) is 2.43. The van der Waals surface area contributed by atoms with E-state index in [1.165, 1.54) is 18.2 Å². The van der Waals surface area contributed by atoms with Crippen molar-refractivity contribution >= 4 is 17.9 Å². The van der Waals surface area contributed by atoms with Crippen molar-refractivity contribution in [1.29, 1.82) is 0 Å². The molecule has 0 aromatic carbocycles. The molecule has 0 saturated carbocycles. The first-order valence-electron chi connectivity index (χ1n) is 5.57. The van der Waals surface area contributed by atoms with Gasteiger partial charge in [-0.05, 0) is 0 Å². The molecule has 0 bridgehead atoms. The lowest BCUT2D eigenvalue weighted by molar-refractivity contribution is -0.605. The molecule has 20 heavy (non-hydrogen) atoms. The van der Waals surface area contributed by atoms with Crippen LogP contribution >= 0.6 is 0 Å². The van der Waals surface area contributed by atoms with Crippen LogP contribution in [0.1, 0.15) is 10.4 Å². The number of pyridine rings is 1. The summed E-state index contributed by atoms with van der Waals surface area (Å²) in [6, 6.07) is 1.80. The Morgan fingerprint density at radius 3 is 2.60 bits per heavy atom. The molecule has 3 amide bonds. The smallest absolute Gasteiger partial charge is 0.339 e. The second kappa shape index (κ2) is 7.52. The fourth-order valence-corrected chi connectivity index (χ4v) is 1.14. The lowest BCUT2D eigenvalue weighted by atomic mass is 10.3. The zero-order valence-electron chi connectivity index (χ0n) is 10.5. The molecule has 1 aromatic heterocycles. The predicted molar refractivity (Wildman–Crippen MR) is 67.4 cm³/mol. The molecule has 0 radical (unpaired) electrons. The summed E-state index contributed by atoms with van der Waals surface area (Å²) >= 11 is 0. The van der Waals surface area contributed by atoms with Gasteiger partial charge in [-0.1, -0.05) is 6.08 Å². The Morgan fingerprint density at radius 2 is 2.00 bits per heavy atom. The number of urea groups is 1. The van der Waals surface area contributed by atoms with Gasteiger partial charge in [0, 0.05) is 18.7 Å². The number of carbonyl (C=O) groups is 3. The van der Waals surface area contributed by atoms with Gasteiger partial charge in [0.15, 0.2) is 19.0 Å². The summed E-state index contributed by atoms with van der Waals surface area (Å²) in [4.78, 5) is 33.9. The summed E-state index contributed by atoms with van der Waals surface area (Å²) in [6.45, 7) is 2.99. The van der Waals surface area contributed by atoms with Crippen molar-refractivity contribution in [3.05, 3.63) is 48.0 Å². The number of imide groups is 1. The molecule has 2 N–H and O–H groups in total. The summed E-state index contributed by atoms with van der Waals surface area (Å²) in [5.74, 6) is -1.54. The van der Waals surface area contributed by atoms with Crippen LogP contribution in [0.2, 0.25) is 0 Å². The van der Waals surface area contributed by atoms with Crippen molar-refractivity contribution in [3.63, 3.8) is 0 Å². The summed E-state index contributed by atoms with van der Waals surface area (Å²) in [5.41, 5.74) is 0.126. The van der Waals surface area contributed by atoms with Crippen molar-refractivity contribution < 1.29 is 23.9 Å². The third-order valence-corrected chi connectivity index (χ3v) is 2.03. The first-order valence-corrected chi connectivity index (χ1v) is 5.57. The van der Waals surface area contributed by atoms with Gasteiger partial charge in [0.05, 0.1) is 5.56 Å². The SMILES string of the molecule is C=CCNC(=O)NC(=O)COC(=O)c1cc[n+]([O-])cc1. The number of nitrogens with zero attached hydrogens (tertiary/aromatic N) is 1. The highest BCUT2D eigenvalue weighted by Crippen LogP contribution is 1.98. The Labute approximate surface area is 114 Å². The zero-order chi connectivity index (χ0) is 15.0. The molecule has 1 aromatic rings. The second-order valence-electron chi connectivity index (χ2n) is 3.57. The largest absolute Gasteiger partial charge is 0.619 e. The highest BCUT2D eigenvalue weighted by Gasteiger charge is 2.12.